The van der Waals surface area contributed by atoms with Gasteiger partial charge in [-0.15, -0.1) is 0 Å². The van der Waals surface area contributed by atoms with Crippen molar-refractivity contribution in [2.75, 3.05) is 11.4 Å². The molecular weight excluding hydrogens is 237 g/mol. The van der Waals surface area contributed by atoms with E-state index in [4.69, 9.17) is 0 Å². The maximum Gasteiger partial charge on any atom is 0.123 e. The van der Waals surface area contributed by atoms with E-state index in [9.17, 15) is 4.39 Å². The molecule has 0 fully saturated rings. The van der Waals surface area contributed by atoms with Gasteiger partial charge in [-0.1, -0.05) is 24.6 Å². The number of allylic oxidation sites excluding steroid dienone is 5. The average molecular weight is 257 g/mol. The van der Waals surface area contributed by atoms with E-state index >= 15 is 0 Å². The minimum Gasteiger partial charge on any atom is -0.342 e. The van der Waals surface area contributed by atoms with Crippen molar-refractivity contribution in [1.29, 1.82) is 0 Å². The highest BCUT2D eigenvalue weighted by molar-refractivity contribution is 5.56. The van der Waals surface area contributed by atoms with Crippen LogP contribution < -0.4 is 4.90 Å². The summed E-state index contributed by atoms with van der Waals surface area (Å²) in [6, 6.07) is 6.67. The lowest BCUT2D eigenvalue weighted by Gasteiger charge is -2.24. The second-order valence-electron chi connectivity index (χ2n) is 4.60. The second kappa shape index (κ2) is 6.37. The molecule has 1 aliphatic rings. The van der Waals surface area contributed by atoms with Crippen LogP contribution in [-0.2, 0) is 0 Å². The van der Waals surface area contributed by atoms with Crippen molar-refractivity contribution in [2.45, 2.75) is 26.7 Å². The fourth-order valence-corrected chi connectivity index (χ4v) is 2.25. The summed E-state index contributed by atoms with van der Waals surface area (Å²) in [7, 11) is 0. The fraction of sp³-hybridized carbons (Fsp3) is 0.294. The highest BCUT2D eigenvalue weighted by Crippen LogP contribution is 2.24. The quantitative estimate of drug-likeness (QED) is 0.746. The molecule has 0 aromatic heterocycles. The summed E-state index contributed by atoms with van der Waals surface area (Å²) in [5.41, 5.74) is 3.61. The van der Waals surface area contributed by atoms with Gasteiger partial charge in [0.2, 0.25) is 0 Å². The van der Waals surface area contributed by atoms with E-state index < -0.39 is 0 Å². The zero-order chi connectivity index (χ0) is 13.7. The van der Waals surface area contributed by atoms with Gasteiger partial charge in [0.1, 0.15) is 5.82 Å². The number of halogens is 1. The molecule has 0 saturated carbocycles. The first-order chi connectivity index (χ1) is 9.24. The molecule has 1 aliphatic carbocycles. The van der Waals surface area contributed by atoms with Crippen LogP contribution in [0.15, 0.2) is 59.8 Å². The van der Waals surface area contributed by atoms with Crippen LogP contribution in [0.25, 0.3) is 0 Å². The van der Waals surface area contributed by atoms with E-state index in [2.05, 4.69) is 43.1 Å². The smallest absolute Gasteiger partial charge is 0.123 e. The normalized spacial score (nSPS) is 14.7. The number of likely N-dealkylation sites (N-methyl/N-ethyl adjacent to an activating group) is 1. The van der Waals surface area contributed by atoms with E-state index in [-0.39, 0.29) is 5.82 Å². The van der Waals surface area contributed by atoms with Gasteiger partial charge >= 0.3 is 0 Å². The van der Waals surface area contributed by atoms with Gasteiger partial charge in [-0.05, 0) is 56.2 Å². The van der Waals surface area contributed by atoms with Crippen molar-refractivity contribution in [2.24, 2.45) is 0 Å². The monoisotopic (exact) mass is 257 g/mol. The SMILES string of the molecule is CCC1=CC(N(CC)c2ccc(F)cc2)=CC=CC1. The molecule has 2 heteroatoms. The molecule has 19 heavy (non-hydrogen) atoms. The number of hydrogen-bond acceptors (Lipinski definition) is 1. The van der Waals surface area contributed by atoms with Crippen molar-refractivity contribution < 1.29 is 4.39 Å². The van der Waals surface area contributed by atoms with Crippen LogP contribution in [0.2, 0.25) is 0 Å². The van der Waals surface area contributed by atoms with Gasteiger partial charge in [-0.25, -0.2) is 4.39 Å². The minimum atomic E-state index is -0.195. The Morgan fingerprint density at radius 2 is 1.89 bits per heavy atom. The lowest BCUT2D eigenvalue weighted by molar-refractivity contribution is 0.627. The zero-order valence-electron chi connectivity index (χ0n) is 11.6. The van der Waals surface area contributed by atoms with Gasteiger partial charge in [0.15, 0.2) is 0 Å². The van der Waals surface area contributed by atoms with Crippen LogP contribution in [0.4, 0.5) is 10.1 Å². The highest BCUT2D eigenvalue weighted by Gasteiger charge is 2.10. The van der Waals surface area contributed by atoms with Crippen molar-refractivity contribution in [1.82, 2.24) is 0 Å². The van der Waals surface area contributed by atoms with Crippen molar-refractivity contribution in [3.8, 4) is 0 Å². The standard InChI is InChI=1S/C17H20FN/c1-3-14-7-5-6-8-17(13-14)19(4-2)16-11-9-15(18)10-12-16/h5-6,8-13H,3-4,7H2,1-2H3. The second-order valence-corrected chi connectivity index (χ2v) is 4.60. The summed E-state index contributed by atoms with van der Waals surface area (Å²) in [6.07, 6.45) is 10.7. The molecule has 0 bridgehead atoms. The Bertz CT molecular complexity index is 509. The van der Waals surface area contributed by atoms with Crippen molar-refractivity contribution in [3.05, 3.63) is 65.7 Å². The first-order valence-corrected chi connectivity index (χ1v) is 6.84. The third-order valence-electron chi connectivity index (χ3n) is 3.36. The Hall–Kier alpha value is -1.83. The minimum absolute atomic E-state index is 0.195. The van der Waals surface area contributed by atoms with E-state index in [0.717, 1.165) is 25.1 Å². The molecule has 0 saturated heterocycles. The molecule has 1 aromatic carbocycles. The Morgan fingerprint density at radius 1 is 1.16 bits per heavy atom. The Kier molecular flexibility index (Phi) is 4.56. The van der Waals surface area contributed by atoms with Crippen LogP contribution in [0, 0.1) is 5.82 Å². The fourth-order valence-electron chi connectivity index (χ4n) is 2.25. The molecule has 1 nitrogen and oxygen atoms in total. The van der Waals surface area contributed by atoms with Crippen LogP contribution in [-0.4, -0.2) is 6.54 Å². The predicted octanol–water partition coefficient (Wildman–Crippen LogP) is 4.83. The molecule has 1 aromatic rings. The third-order valence-corrected chi connectivity index (χ3v) is 3.36. The number of nitrogens with zero attached hydrogens (tertiary/aromatic N) is 1. The summed E-state index contributed by atoms with van der Waals surface area (Å²) in [5.74, 6) is -0.195. The number of hydrogen-bond donors (Lipinski definition) is 0. The lowest BCUT2D eigenvalue weighted by atomic mass is 10.1. The number of benzene rings is 1. The Morgan fingerprint density at radius 3 is 2.53 bits per heavy atom. The molecule has 0 atom stereocenters. The summed E-state index contributed by atoms with van der Waals surface area (Å²) < 4.78 is 13.0. The van der Waals surface area contributed by atoms with Crippen LogP contribution in [0.3, 0.4) is 0 Å². The molecule has 0 heterocycles. The Labute approximate surface area is 114 Å². The topological polar surface area (TPSA) is 3.24 Å². The number of rotatable bonds is 4. The van der Waals surface area contributed by atoms with Crippen LogP contribution in [0.5, 0.6) is 0 Å². The van der Waals surface area contributed by atoms with Gasteiger partial charge in [-0.3, -0.25) is 0 Å². The highest BCUT2D eigenvalue weighted by atomic mass is 19.1. The molecule has 100 valence electrons. The van der Waals surface area contributed by atoms with Crippen LogP contribution in [0.1, 0.15) is 26.7 Å². The van der Waals surface area contributed by atoms with Gasteiger partial charge in [0.25, 0.3) is 0 Å². The molecule has 2 rings (SSSR count). The molecule has 0 amide bonds. The average Bonchev–Trinajstić information content (AvgIpc) is 2.67. The van der Waals surface area contributed by atoms with Gasteiger partial charge in [0.05, 0.1) is 0 Å². The van der Waals surface area contributed by atoms with Crippen molar-refractivity contribution in [3.63, 3.8) is 0 Å². The molecule has 0 spiro atoms. The molecule has 0 radical (unpaired) electrons. The van der Waals surface area contributed by atoms with E-state index in [1.807, 2.05) is 12.1 Å². The molecule has 0 N–H and O–H groups in total. The summed E-state index contributed by atoms with van der Waals surface area (Å²) in [5, 5.41) is 0. The summed E-state index contributed by atoms with van der Waals surface area (Å²) in [4.78, 5) is 2.20. The lowest BCUT2D eigenvalue weighted by Crippen LogP contribution is -2.20. The first-order valence-electron chi connectivity index (χ1n) is 6.84. The van der Waals surface area contributed by atoms with E-state index in [1.165, 1.54) is 23.4 Å². The van der Waals surface area contributed by atoms with Gasteiger partial charge < -0.3 is 4.90 Å². The maximum atomic E-state index is 13.0. The van der Waals surface area contributed by atoms with E-state index in [0.29, 0.717) is 0 Å². The Balaban J connectivity index is 2.33. The van der Waals surface area contributed by atoms with Crippen LogP contribution >= 0.6 is 0 Å². The summed E-state index contributed by atoms with van der Waals surface area (Å²) in [6.45, 7) is 5.15. The predicted molar refractivity (Wildman–Crippen MR) is 79.6 cm³/mol. The molecule has 0 unspecified atom stereocenters. The van der Waals surface area contributed by atoms with E-state index in [1.54, 1.807) is 0 Å². The first kappa shape index (κ1) is 13.6. The molecular formula is C17H20FN. The summed E-state index contributed by atoms with van der Waals surface area (Å²) >= 11 is 0. The van der Waals surface area contributed by atoms with Gasteiger partial charge in [0, 0.05) is 17.9 Å². The maximum absolute atomic E-state index is 13.0. The number of anilines is 1. The molecule has 0 aliphatic heterocycles. The largest absolute Gasteiger partial charge is 0.342 e. The zero-order valence-corrected chi connectivity index (χ0v) is 11.6. The van der Waals surface area contributed by atoms with Crippen molar-refractivity contribution >= 4 is 5.69 Å². The third kappa shape index (κ3) is 3.34. The van der Waals surface area contributed by atoms with Gasteiger partial charge in [-0.2, -0.15) is 0 Å².